The van der Waals surface area contributed by atoms with Gasteiger partial charge in [-0.15, -0.1) is 0 Å². The van der Waals surface area contributed by atoms with Gasteiger partial charge in [0.25, 0.3) is 5.91 Å². The van der Waals surface area contributed by atoms with Crippen LogP contribution in [0, 0.1) is 11.3 Å². The van der Waals surface area contributed by atoms with Crippen molar-refractivity contribution in [1.82, 2.24) is 15.2 Å². The fourth-order valence-corrected chi connectivity index (χ4v) is 2.89. The van der Waals surface area contributed by atoms with E-state index in [9.17, 15) is 14.4 Å². The normalized spacial score (nSPS) is 14.8. The van der Waals surface area contributed by atoms with E-state index in [1.807, 2.05) is 6.92 Å². The number of nitrogens with two attached hydrogens (primary N) is 3. The molecule has 2 rings (SSSR count). The predicted octanol–water partition coefficient (Wildman–Crippen LogP) is -1.13. The number of aryl methyl sites for hydroxylation is 1. The Balaban J connectivity index is 1.99. The minimum atomic E-state index is -0.429. The number of rotatable bonds is 9. The van der Waals surface area contributed by atoms with Gasteiger partial charge in [0, 0.05) is 43.4 Å². The molecule has 0 saturated heterocycles. The Morgan fingerprint density at radius 3 is 2.55 bits per heavy atom. The summed E-state index contributed by atoms with van der Waals surface area (Å²) < 4.78 is 1.56. The number of carbonyl (C=O) groups excluding carboxylic acids is 3. The first-order chi connectivity index (χ1) is 14.6. The number of hydrogen-bond donors (Lipinski definition) is 7. The molecule has 1 heterocycles. The zero-order chi connectivity index (χ0) is 23.1. The van der Waals surface area contributed by atoms with Gasteiger partial charge >= 0.3 is 0 Å². The standard InChI is InChI=1S/C19H27N9O3/c1-10-5-11(6-13(10)17(30)24-4-3-15(20)21)27-18(31)14-7-12(9-28(14)2)26-16(29)8-25-19(22)23/h5-7,9-10H,3-4,8H2,1-2H3,(H3,20,21)(H,24,30)(H,26,29)(H,27,31)(H4,22,23,25). The monoisotopic (exact) mass is 429 g/mol. The van der Waals surface area contributed by atoms with Gasteiger partial charge in [-0.05, 0) is 12.1 Å². The number of nitrogens with one attached hydrogen (secondary N) is 4. The number of aromatic nitrogens is 1. The van der Waals surface area contributed by atoms with Crippen LogP contribution in [0.5, 0.6) is 0 Å². The van der Waals surface area contributed by atoms with Gasteiger partial charge in [-0.2, -0.15) is 0 Å². The third-order valence-electron chi connectivity index (χ3n) is 4.36. The van der Waals surface area contributed by atoms with E-state index in [0.29, 0.717) is 22.7 Å². The Morgan fingerprint density at radius 1 is 1.19 bits per heavy atom. The fraction of sp³-hybridized carbons (Fsp3) is 0.316. The van der Waals surface area contributed by atoms with Crippen LogP contribution < -0.4 is 33.2 Å². The van der Waals surface area contributed by atoms with E-state index in [-0.39, 0.29) is 43.1 Å². The van der Waals surface area contributed by atoms with Crippen molar-refractivity contribution in [3.8, 4) is 0 Å². The molecule has 0 saturated carbocycles. The molecule has 3 amide bonds. The molecule has 166 valence electrons. The van der Waals surface area contributed by atoms with Gasteiger partial charge in [0.1, 0.15) is 12.2 Å². The van der Waals surface area contributed by atoms with Crippen molar-refractivity contribution < 1.29 is 14.4 Å². The van der Waals surface area contributed by atoms with Crippen molar-refractivity contribution >= 4 is 35.2 Å². The Hall–Kier alpha value is -4.09. The smallest absolute Gasteiger partial charge is 0.272 e. The van der Waals surface area contributed by atoms with E-state index in [0.717, 1.165) is 0 Å². The van der Waals surface area contributed by atoms with Crippen LogP contribution in [0.15, 0.2) is 40.7 Å². The van der Waals surface area contributed by atoms with Crippen LogP contribution in [0.3, 0.4) is 0 Å². The van der Waals surface area contributed by atoms with Crippen molar-refractivity contribution in [3.63, 3.8) is 0 Å². The highest BCUT2D eigenvalue weighted by molar-refractivity contribution is 5.99. The molecule has 12 nitrogen and oxygen atoms in total. The highest BCUT2D eigenvalue weighted by atomic mass is 16.2. The topological polar surface area (TPSA) is 206 Å². The summed E-state index contributed by atoms with van der Waals surface area (Å²) in [5.41, 5.74) is 17.4. The van der Waals surface area contributed by atoms with Gasteiger partial charge in [-0.3, -0.25) is 19.8 Å². The Bertz CT molecular complexity index is 984. The molecule has 1 aromatic heterocycles. The van der Waals surface area contributed by atoms with Crippen LogP contribution in [0.2, 0.25) is 0 Å². The minimum absolute atomic E-state index is 0.00538. The number of allylic oxidation sites excluding steroid dienone is 2. The summed E-state index contributed by atoms with van der Waals surface area (Å²) >= 11 is 0. The number of hydrogen-bond acceptors (Lipinski definition) is 5. The summed E-state index contributed by atoms with van der Waals surface area (Å²) in [6.07, 6.45) is 5.21. The molecule has 0 aromatic carbocycles. The Morgan fingerprint density at radius 2 is 1.90 bits per heavy atom. The second-order valence-corrected chi connectivity index (χ2v) is 7.01. The van der Waals surface area contributed by atoms with Gasteiger partial charge in [0.15, 0.2) is 5.96 Å². The van der Waals surface area contributed by atoms with Crippen molar-refractivity contribution in [2.24, 2.45) is 35.2 Å². The molecule has 31 heavy (non-hydrogen) atoms. The SMILES string of the molecule is CC1C=C(NC(=O)c2cc(NC(=O)CN=C(N)N)cn2C)C=C1C(=O)NCCC(=N)N. The molecule has 10 N–H and O–H groups in total. The Kier molecular flexibility index (Phi) is 7.55. The van der Waals surface area contributed by atoms with Gasteiger partial charge in [0.2, 0.25) is 11.8 Å². The quantitative estimate of drug-likeness (QED) is 0.191. The number of amides is 3. The molecule has 1 aliphatic rings. The average Bonchev–Trinajstić information content (AvgIpc) is 3.21. The van der Waals surface area contributed by atoms with Crippen molar-refractivity contribution in [1.29, 1.82) is 5.41 Å². The summed E-state index contributed by atoms with van der Waals surface area (Å²) in [4.78, 5) is 40.4. The first-order valence-electron chi connectivity index (χ1n) is 9.44. The lowest BCUT2D eigenvalue weighted by molar-refractivity contribution is -0.118. The number of aliphatic imine (C=N–C) groups is 1. The maximum Gasteiger partial charge on any atom is 0.272 e. The van der Waals surface area contributed by atoms with Gasteiger partial charge in [0.05, 0.1) is 11.5 Å². The van der Waals surface area contributed by atoms with Crippen LogP contribution >= 0.6 is 0 Å². The first-order valence-corrected chi connectivity index (χ1v) is 9.44. The first kappa shape index (κ1) is 23.2. The fourth-order valence-electron chi connectivity index (χ4n) is 2.89. The minimum Gasteiger partial charge on any atom is -0.388 e. The van der Waals surface area contributed by atoms with E-state index >= 15 is 0 Å². The molecule has 1 unspecified atom stereocenters. The lowest BCUT2D eigenvalue weighted by Gasteiger charge is -2.08. The van der Waals surface area contributed by atoms with Crippen LogP contribution in [0.1, 0.15) is 23.8 Å². The van der Waals surface area contributed by atoms with E-state index in [2.05, 4.69) is 20.9 Å². The summed E-state index contributed by atoms with van der Waals surface area (Å²) in [6, 6.07) is 1.51. The maximum absolute atomic E-state index is 12.7. The number of carbonyl (C=O) groups is 3. The van der Waals surface area contributed by atoms with Crippen LogP contribution in [-0.2, 0) is 16.6 Å². The number of amidine groups is 1. The van der Waals surface area contributed by atoms with Gasteiger partial charge < -0.3 is 37.7 Å². The molecule has 1 atom stereocenters. The van der Waals surface area contributed by atoms with Crippen molar-refractivity contribution in [3.05, 3.63) is 41.4 Å². The second-order valence-electron chi connectivity index (χ2n) is 7.01. The molecule has 0 bridgehead atoms. The van der Waals surface area contributed by atoms with Crippen LogP contribution in [-0.4, -0.2) is 47.2 Å². The highest BCUT2D eigenvalue weighted by Crippen LogP contribution is 2.23. The average molecular weight is 429 g/mol. The molecule has 0 spiro atoms. The molecule has 0 radical (unpaired) electrons. The van der Waals surface area contributed by atoms with Crippen LogP contribution in [0.25, 0.3) is 0 Å². The number of anilines is 1. The summed E-state index contributed by atoms with van der Waals surface area (Å²) in [5, 5.41) is 15.2. The zero-order valence-corrected chi connectivity index (χ0v) is 17.4. The predicted molar refractivity (Wildman–Crippen MR) is 117 cm³/mol. The second kappa shape index (κ2) is 10.1. The number of nitrogens with zero attached hydrogens (tertiary/aromatic N) is 2. The van der Waals surface area contributed by atoms with Crippen LogP contribution in [0.4, 0.5) is 5.69 Å². The van der Waals surface area contributed by atoms with E-state index in [1.165, 1.54) is 6.07 Å². The van der Waals surface area contributed by atoms with Crippen molar-refractivity contribution in [2.45, 2.75) is 13.3 Å². The lowest BCUT2D eigenvalue weighted by atomic mass is 10.1. The molecule has 1 aromatic rings. The summed E-state index contributed by atoms with van der Waals surface area (Å²) in [5.74, 6) is -1.50. The van der Waals surface area contributed by atoms with E-state index < -0.39 is 11.8 Å². The van der Waals surface area contributed by atoms with E-state index in [1.54, 1.807) is 30.0 Å². The molecule has 0 aliphatic heterocycles. The lowest BCUT2D eigenvalue weighted by Crippen LogP contribution is -2.30. The number of guanidine groups is 1. The van der Waals surface area contributed by atoms with Gasteiger partial charge in [-0.1, -0.05) is 13.0 Å². The summed E-state index contributed by atoms with van der Waals surface area (Å²) in [6.45, 7) is 1.87. The maximum atomic E-state index is 12.7. The molecular weight excluding hydrogens is 402 g/mol. The summed E-state index contributed by atoms with van der Waals surface area (Å²) in [7, 11) is 1.66. The largest absolute Gasteiger partial charge is 0.388 e. The molecular formula is C19H27N9O3. The third kappa shape index (κ3) is 6.73. The molecule has 12 heteroatoms. The van der Waals surface area contributed by atoms with Crippen molar-refractivity contribution in [2.75, 3.05) is 18.4 Å². The highest BCUT2D eigenvalue weighted by Gasteiger charge is 2.23. The van der Waals surface area contributed by atoms with E-state index in [4.69, 9.17) is 22.6 Å². The molecule has 1 aliphatic carbocycles. The Labute approximate surface area is 179 Å². The molecule has 0 fully saturated rings. The third-order valence-corrected chi connectivity index (χ3v) is 4.36. The van der Waals surface area contributed by atoms with Gasteiger partial charge in [-0.25, -0.2) is 4.99 Å². The zero-order valence-electron chi connectivity index (χ0n) is 17.4.